The van der Waals surface area contributed by atoms with Crippen molar-refractivity contribution in [2.75, 3.05) is 12.3 Å². The Morgan fingerprint density at radius 1 is 0.909 bits per heavy atom. The molecule has 0 heterocycles. The SMILES string of the molecule is CCCNC(=O)C(Cc1ccccc1)N(Cc1ccc(Cl)cc1)C(=O)CSc1ccccc1. The van der Waals surface area contributed by atoms with Crippen molar-refractivity contribution in [3.05, 3.63) is 101 Å². The first-order valence-corrected chi connectivity index (χ1v) is 12.5. The van der Waals surface area contributed by atoms with Gasteiger partial charge in [-0.3, -0.25) is 9.59 Å². The van der Waals surface area contributed by atoms with Crippen LogP contribution in [0.1, 0.15) is 24.5 Å². The molecule has 0 aliphatic carbocycles. The Hall–Kier alpha value is -2.76. The molecule has 0 spiro atoms. The van der Waals surface area contributed by atoms with Gasteiger partial charge in [0.25, 0.3) is 0 Å². The Labute approximate surface area is 205 Å². The van der Waals surface area contributed by atoms with Crippen molar-refractivity contribution in [2.24, 2.45) is 0 Å². The maximum atomic E-state index is 13.5. The van der Waals surface area contributed by atoms with Crippen LogP contribution in [0.5, 0.6) is 0 Å². The minimum absolute atomic E-state index is 0.0774. The molecule has 0 aliphatic heterocycles. The minimum atomic E-state index is -0.612. The number of halogens is 1. The summed E-state index contributed by atoms with van der Waals surface area (Å²) in [5.74, 6) is 0.0448. The molecule has 0 bridgehead atoms. The molecule has 0 radical (unpaired) electrons. The van der Waals surface area contributed by atoms with Gasteiger partial charge in [-0.2, -0.15) is 0 Å². The zero-order valence-electron chi connectivity index (χ0n) is 18.7. The number of carbonyl (C=O) groups excluding carboxylic acids is 2. The standard InChI is InChI=1S/C27H29ClN2O2S/c1-2-17-29-27(32)25(18-21-9-5-3-6-10-21)30(19-22-13-15-23(28)16-14-22)26(31)20-33-24-11-7-4-8-12-24/h3-16,25H,2,17-20H2,1H3,(H,29,32). The van der Waals surface area contributed by atoms with Gasteiger partial charge in [0.1, 0.15) is 6.04 Å². The van der Waals surface area contributed by atoms with Crippen LogP contribution in [-0.4, -0.2) is 35.1 Å². The van der Waals surface area contributed by atoms with E-state index in [0.717, 1.165) is 22.4 Å². The summed E-state index contributed by atoms with van der Waals surface area (Å²) in [4.78, 5) is 29.5. The van der Waals surface area contributed by atoms with Crippen LogP contribution in [0.25, 0.3) is 0 Å². The summed E-state index contributed by atoms with van der Waals surface area (Å²) in [6.45, 7) is 2.92. The summed E-state index contributed by atoms with van der Waals surface area (Å²) in [5.41, 5.74) is 1.94. The van der Waals surface area contributed by atoms with E-state index in [1.54, 1.807) is 4.90 Å². The summed E-state index contributed by atoms with van der Waals surface area (Å²) >= 11 is 7.54. The number of benzene rings is 3. The van der Waals surface area contributed by atoms with E-state index in [4.69, 9.17) is 11.6 Å². The molecule has 0 fully saturated rings. The summed E-state index contributed by atoms with van der Waals surface area (Å²) in [6, 6.07) is 26.5. The van der Waals surface area contributed by atoms with E-state index < -0.39 is 6.04 Å². The highest BCUT2D eigenvalue weighted by molar-refractivity contribution is 8.00. The number of thioether (sulfide) groups is 1. The van der Waals surface area contributed by atoms with Gasteiger partial charge >= 0.3 is 0 Å². The molecule has 0 saturated carbocycles. The largest absolute Gasteiger partial charge is 0.354 e. The molecule has 33 heavy (non-hydrogen) atoms. The molecule has 3 aromatic rings. The topological polar surface area (TPSA) is 49.4 Å². The zero-order chi connectivity index (χ0) is 23.5. The average Bonchev–Trinajstić information content (AvgIpc) is 2.85. The summed E-state index contributed by atoms with van der Waals surface area (Å²) < 4.78 is 0. The van der Waals surface area contributed by atoms with Gasteiger partial charge in [-0.25, -0.2) is 0 Å². The molecule has 0 aliphatic rings. The van der Waals surface area contributed by atoms with Crippen molar-refractivity contribution >= 4 is 35.2 Å². The molecule has 3 aromatic carbocycles. The van der Waals surface area contributed by atoms with E-state index in [1.165, 1.54) is 11.8 Å². The molecule has 6 heteroatoms. The van der Waals surface area contributed by atoms with Gasteiger partial charge in [-0.1, -0.05) is 79.2 Å². The van der Waals surface area contributed by atoms with Crippen LogP contribution in [0.15, 0.2) is 89.8 Å². The smallest absolute Gasteiger partial charge is 0.243 e. The van der Waals surface area contributed by atoms with Crippen LogP contribution < -0.4 is 5.32 Å². The number of nitrogens with zero attached hydrogens (tertiary/aromatic N) is 1. The van der Waals surface area contributed by atoms with Crippen molar-refractivity contribution < 1.29 is 9.59 Å². The van der Waals surface area contributed by atoms with E-state index in [2.05, 4.69) is 5.32 Å². The molecule has 0 aromatic heterocycles. The second kappa shape index (κ2) is 13.1. The Balaban J connectivity index is 1.87. The predicted octanol–water partition coefficient (Wildman–Crippen LogP) is 5.60. The van der Waals surface area contributed by atoms with Gasteiger partial charge in [0.05, 0.1) is 5.75 Å². The lowest BCUT2D eigenvalue weighted by molar-refractivity contribution is -0.139. The fourth-order valence-electron chi connectivity index (χ4n) is 3.45. The molecular formula is C27H29ClN2O2S. The fourth-order valence-corrected chi connectivity index (χ4v) is 4.38. The third-order valence-corrected chi connectivity index (χ3v) is 6.44. The molecule has 2 amide bonds. The van der Waals surface area contributed by atoms with Crippen molar-refractivity contribution in [3.63, 3.8) is 0 Å². The normalized spacial score (nSPS) is 11.6. The van der Waals surface area contributed by atoms with Crippen LogP contribution in [0, 0.1) is 0 Å². The molecule has 172 valence electrons. The van der Waals surface area contributed by atoms with Gasteiger partial charge in [-0.05, 0) is 41.8 Å². The first-order valence-electron chi connectivity index (χ1n) is 11.1. The summed E-state index contributed by atoms with van der Waals surface area (Å²) in [7, 11) is 0. The lowest BCUT2D eigenvalue weighted by atomic mass is 10.0. The molecule has 0 saturated heterocycles. The minimum Gasteiger partial charge on any atom is -0.354 e. The predicted molar refractivity (Wildman–Crippen MR) is 136 cm³/mol. The van der Waals surface area contributed by atoms with E-state index in [1.807, 2.05) is 91.9 Å². The van der Waals surface area contributed by atoms with Crippen LogP contribution in [0.3, 0.4) is 0 Å². The van der Waals surface area contributed by atoms with Crippen LogP contribution in [0.4, 0.5) is 0 Å². The maximum absolute atomic E-state index is 13.5. The first kappa shape index (κ1) is 24.9. The third kappa shape index (κ3) is 7.95. The van der Waals surface area contributed by atoms with E-state index >= 15 is 0 Å². The average molecular weight is 481 g/mol. The highest BCUT2D eigenvalue weighted by atomic mass is 35.5. The molecule has 3 rings (SSSR count). The van der Waals surface area contributed by atoms with Crippen molar-refractivity contribution in [2.45, 2.75) is 37.2 Å². The Bertz CT molecular complexity index is 1010. The summed E-state index contributed by atoms with van der Waals surface area (Å²) in [5, 5.41) is 3.63. The summed E-state index contributed by atoms with van der Waals surface area (Å²) in [6.07, 6.45) is 1.28. The second-order valence-corrected chi connectivity index (χ2v) is 9.23. The highest BCUT2D eigenvalue weighted by Crippen LogP contribution is 2.21. The first-order chi connectivity index (χ1) is 16.1. The second-order valence-electron chi connectivity index (χ2n) is 7.75. The number of carbonyl (C=O) groups is 2. The molecule has 1 N–H and O–H groups in total. The number of hydrogen-bond donors (Lipinski definition) is 1. The molecule has 1 atom stereocenters. The molecule has 1 unspecified atom stereocenters. The lowest BCUT2D eigenvalue weighted by Gasteiger charge is -2.31. The fraction of sp³-hybridized carbons (Fsp3) is 0.259. The van der Waals surface area contributed by atoms with Crippen LogP contribution in [0.2, 0.25) is 5.02 Å². The van der Waals surface area contributed by atoms with Gasteiger partial charge in [0.15, 0.2) is 0 Å². The van der Waals surface area contributed by atoms with Gasteiger partial charge in [-0.15, -0.1) is 11.8 Å². The lowest BCUT2D eigenvalue weighted by Crippen LogP contribution is -2.51. The number of amides is 2. The van der Waals surface area contributed by atoms with E-state index in [9.17, 15) is 9.59 Å². The Morgan fingerprint density at radius 3 is 2.18 bits per heavy atom. The Kier molecular flexibility index (Phi) is 9.85. The van der Waals surface area contributed by atoms with Gasteiger partial charge in [0.2, 0.25) is 11.8 Å². The molecular weight excluding hydrogens is 452 g/mol. The third-order valence-electron chi connectivity index (χ3n) is 5.19. The van der Waals surface area contributed by atoms with E-state index in [-0.39, 0.29) is 17.6 Å². The Morgan fingerprint density at radius 2 is 1.55 bits per heavy atom. The quantitative estimate of drug-likeness (QED) is 0.363. The monoisotopic (exact) mass is 480 g/mol. The highest BCUT2D eigenvalue weighted by Gasteiger charge is 2.30. The number of hydrogen-bond acceptors (Lipinski definition) is 3. The van der Waals surface area contributed by atoms with E-state index in [0.29, 0.717) is 24.5 Å². The van der Waals surface area contributed by atoms with Gasteiger partial charge in [0, 0.05) is 29.4 Å². The van der Waals surface area contributed by atoms with Gasteiger partial charge < -0.3 is 10.2 Å². The van der Waals surface area contributed by atoms with Crippen LogP contribution in [-0.2, 0) is 22.6 Å². The van der Waals surface area contributed by atoms with Crippen molar-refractivity contribution in [1.29, 1.82) is 0 Å². The zero-order valence-corrected chi connectivity index (χ0v) is 20.3. The molecule has 4 nitrogen and oxygen atoms in total. The maximum Gasteiger partial charge on any atom is 0.243 e. The van der Waals surface area contributed by atoms with Crippen molar-refractivity contribution in [3.8, 4) is 0 Å². The van der Waals surface area contributed by atoms with Crippen molar-refractivity contribution in [1.82, 2.24) is 10.2 Å². The number of nitrogens with one attached hydrogen (secondary N) is 1. The number of rotatable bonds is 11. The van der Waals surface area contributed by atoms with Crippen LogP contribution >= 0.6 is 23.4 Å².